The maximum absolute atomic E-state index is 13.0. The Morgan fingerprint density at radius 1 is 1.00 bits per heavy atom. The summed E-state index contributed by atoms with van der Waals surface area (Å²) in [4.78, 5) is 22.1. The van der Waals surface area contributed by atoms with E-state index < -0.39 is 11.6 Å². The van der Waals surface area contributed by atoms with Crippen molar-refractivity contribution in [1.82, 2.24) is 0 Å². The first kappa shape index (κ1) is 29.0. The van der Waals surface area contributed by atoms with Crippen LogP contribution in [0, 0.1) is 33.0 Å². The van der Waals surface area contributed by atoms with Gasteiger partial charge in [0.25, 0.3) is 0 Å². The number of hydrogen-bond acceptors (Lipinski definition) is 8. The van der Waals surface area contributed by atoms with Gasteiger partial charge in [-0.05, 0) is 55.9 Å². The topological polar surface area (TPSA) is 134 Å². The van der Waals surface area contributed by atoms with Crippen LogP contribution in [0.1, 0.15) is 34.6 Å². The predicted molar refractivity (Wildman–Crippen MR) is 106 cm³/mol. The standard InChI is InChI=1S/C9H7FN2OS.C8H8FNO.CHNS.Na/c1-5(13)6-2-8(12)7(10)3-9(6)14-4-11;1-5(11)6-2-3-7(9)8(10)4-6;2-1-3;/h2-3H,12H2,1H3;2-4H,10H2,1H3;3H;/q;;;+1/p-1. The molecule has 0 saturated heterocycles. The third-order valence-electron chi connectivity index (χ3n) is 3.04. The van der Waals surface area contributed by atoms with Crippen molar-refractivity contribution in [3.05, 3.63) is 53.1 Å². The van der Waals surface area contributed by atoms with Crippen molar-refractivity contribution >= 4 is 47.3 Å². The fourth-order valence-electron chi connectivity index (χ4n) is 1.74. The molecule has 0 heterocycles. The Hall–Kier alpha value is -2.21. The van der Waals surface area contributed by atoms with E-state index in [1.165, 1.54) is 43.5 Å². The average Bonchev–Trinajstić information content (AvgIpc) is 2.61. The minimum Gasteiger partial charge on any atom is -0.696 e. The minimum absolute atomic E-state index is 0. The van der Waals surface area contributed by atoms with Crippen molar-refractivity contribution in [2.75, 3.05) is 11.5 Å². The van der Waals surface area contributed by atoms with Gasteiger partial charge in [-0.25, -0.2) is 14.0 Å². The summed E-state index contributed by atoms with van der Waals surface area (Å²) in [6.45, 7) is 2.75. The largest absolute Gasteiger partial charge is 1.00 e. The summed E-state index contributed by atoms with van der Waals surface area (Å²) in [5.41, 5.74) is 11.2. The smallest absolute Gasteiger partial charge is 0.696 e. The number of Topliss-reactive ketones (excluding diaryl/α,β-unsaturated/α-hetero) is 2. The van der Waals surface area contributed by atoms with Gasteiger partial charge in [0.05, 0.1) is 11.4 Å². The van der Waals surface area contributed by atoms with E-state index in [0.717, 1.165) is 17.8 Å². The Morgan fingerprint density at radius 3 is 1.93 bits per heavy atom. The van der Waals surface area contributed by atoms with Crippen LogP contribution in [-0.2, 0) is 12.6 Å². The van der Waals surface area contributed by atoms with Crippen LogP contribution >= 0.6 is 11.8 Å². The van der Waals surface area contributed by atoms with Gasteiger partial charge in [-0.3, -0.25) is 9.59 Å². The van der Waals surface area contributed by atoms with E-state index in [1.807, 2.05) is 0 Å². The molecular formula is C18H15F2N4NaO2S2. The number of carbonyl (C=O) groups is 2. The molecule has 0 atom stereocenters. The fourth-order valence-corrected chi connectivity index (χ4v) is 2.32. The van der Waals surface area contributed by atoms with Crippen molar-refractivity contribution in [3.8, 4) is 10.8 Å². The second-order valence-corrected chi connectivity index (χ2v) is 6.01. The first-order valence-corrected chi connectivity index (χ1v) is 8.54. The molecule has 6 nitrogen and oxygen atoms in total. The molecule has 0 aromatic heterocycles. The number of nitrogens with zero attached hydrogens (tertiary/aromatic N) is 2. The van der Waals surface area contributed by atoms with Gasteiger partial charge < -0.3 is 24.1 Å². The number of benzene rings is 2. The summed E-state index contributed by atoms with van der Waals surface area (Å²) in [6, 6.07) is 6.27. The molecule has 0 saturated carbocycles. The van der Waals surface area contributed by atoms with Crippen molar-refractivity contribution in [2.24, 2.45) is 0 Å². The average molecular weight is 444 g/mol. The summed E-state index contributed by atoms with van der Waals surface area (Å²) in [5, 5.41) is 18.7. The molecule has 0 fully saturated rings. The van der Waals surface area contributed by atoms with Gasteiger partial charge >= 0.3 is 29.6 Å². The molecule has 0 unspecified atom stereocenters. The van der Waals surface area contributed by atoms with E-state index in [9.17, 15) is 18.4 Å². The molecule has 2 aromatic carbocycles. The third kappa shape index (κ3) is 10.2. The van der Waals surface area contributed by atoms with Gasteiger partial charge in [0, 0.05) is 16.0 Å². The Kier molecular flexibility index (Phi) is 14.7. The summed E-state index contributed by atoms with van der Waals surface area (Å²) >= 11 is 4.44. The summed E-state index contributed by atoms with van der Waals surface area (Å²) in [6.07, 6.45) is 0. The number of anilines is 2. The molecule has 2 rings (SSSR count). The van der Waals surface area contributed by atoms with Crippen molar-refractivity contribution < 1.29 is 47.9 Å². The number of nitriles is 2. The molecule has 0 aliphatic heterocycles. The number of hydrogen-bond donors (Lipinski definition) is 2. The van der Waals surface area contributed by atoms with Gasteiger partial charge in [-0.15, -0.1) is 0 Å². The number of ketones is 2. The Bertz CT molecular complexity index is 960. The zero-order valence-electron chi connectivity index (χ0n) is 15.8. The van der Waals surface area contributed by atoms with E-state index in [-0.39, 0.29) is 58.1 Å². The van der Waals surface area contributed by atoms with Crippen LogP contribution in [0.25, 0.3) is 0 Å². The predicted octanol–water partition coefficient (Wildman–Crippen LogP) is 0.813. The molecule has 146 valence electrons. The van der Waals surface area contributed by atoms with Gasteiger partial charge in [0.2, 0.25) is 0 Å². The Labute approximate surface area is 199 Å². The normalized spacial score (nSPS) is 8.48. The first-order chi connectivity index (χ1) is 13.1. The second kappa shape index (κ2) is 14.7. The number of thioether (sulfide) groups is 1. The maximum atomic E-state index is 13.0. The van der Waals surface area contributed by atoms with Crippen LogP contribution < -0.4 is 41.0 Å². The number of nitrogens with two attached hydrogens (primary N) is 2. The van der Waals surface area contributed by atoms with Crippen LogP contribution in [0.2, 0.25) is 0 Å². The fraction of sp³-hybridized carbons (Fsp3) is 0.111. The number of thiocyanates is 2. The Morgan fingerprint density at radius 2 is 1.52 bits per heavy atom. The molecule has 2 aromatic rings. The molecule has 0 radical (unpaired) electrons. The van der Waals surface area contributed by atoms with E-state index in [4.69, 9.17) is 22.0 Å². The monoisotopic (exact) mass is 444 g/mol. The molecule has 4 N–H and O–H groups in total. The zero-order valence-corrected chi connectivity index (χ0v) is 19.5. The van der Waals surface area contributed by atoms with Crippen LogP contribution in [0.15, 0.2) is 35.2 Å². The van der Waals surface area contributed by atoms with E-state index in [0.29, 0.717) is 10.5 Å². The SMILES string of the molecule is CC(=O)c1cc(N)c(F)cc1SC#N.CC(=O)c1ccc(F)c(N)c1.N#C[S-].[Na+]. The molecule has 0 bridgehead atoms. The number of carbonyl (C=O) groups excluding carboxylic acids is 2. The third-order valence-corrected chi connectivity index (χ3v) is 3.69. The van der Waals surface area contributed by atoms with Gasteiger partial charge in [-0.2, -0.15) is 5.26 Å². The molecule has 0 amide bonds. The summed E-state index contributed by atoms with van der Waals surface area (Å²) < 4.78 is 25.5. The van der Waals surface area contributed by atoms with E-state index >= 15 is 0 Å². The van der Waals surface area contributed by atoms with Crippen molar-refractivity contribution in [2.45, 2.75) is 18.7 Å². The number of nitrogen functional groups attached to an aromatic ring is 2. The van der Waals surface area contributed by atoms with Crippen molar-refractivity contribution in [1.29, 1.82) is 10.5 Å². The Balaban J connectivity index is 0. The van der Waals surface area contributed by atoms with Crippen LogP contribution in [0.5, 0.6) is 0 Å². The van der Waals surface area contributed by atoms with Crippen LogP contribution in [0.4, 0.5) is 20.2 Å². The van der Waals surface area contributed by atoms with Crippen LogP contribution in [-0.4, -0.2) is 11.6 Å². The van der Waals surface area contributed by atoms with E-state index in [1.54, 1.807) is 5.40 Å². The molecule has 0 aliphatic rings. The summed E-state index contributed by atoms with van der Waals surface area (Å²) in [7, 11) is 0. The first-order valence-electron chi connectivity index (χ1n) is 7.32. The molecule has 11 heteroatoms. The number of rotatable bonds is 3. The molecular weight excluding hydrogens is 429 g/mol. The molecule has 0 aliphatic carbocycles. The van der Waals surface area contributed by atoms with Gasteiger partial charge in [0.15, 0.2) is 11.6 Å². The van der Waals surface area contributed by atoms with Crippen LogP contribution in [0.3, 0.4) is 0 Å². The van der Waals surface area contributed by atoms with E-state index in [2.05, 4.69) is 12.6 Å². The molecule has 29 heavy (non-hydrogen) atoms. The number of halogens is 2. The minimum atomic E-state index is -0.618. The zero-order chi connectivity index (χ0) is 21.9. The molecule has 0 spiro atoms. The van der Waals surface area contributed by atoms with Gasteiger partial charge in [-0.1, -0.05) is 5.40 Å². The summed E-state index contributed by atoms with van der Waals surface area (Å²) in [5.74, 6) is -1.46. The maximum Gasteiger partial charge on any atom is 1.00 e. The second-order valence-electron chi connectivity index (χ2n) is 5.00. The van der Waals surface area contributed by atoms with Gasteiger partial charge in [0.1, 0.15) is 17.0 Å². The van der Waals surface area contributed by atoms with Crippen molar-refractivity contribution in [3.63, 3.8) is 0 Å². The quantitative estimate of drug-likeness (QED) is 0.177.